The summed E-state index contributed by atoms with van der Waals surface area (Å²) < 4.78 is 37.1. The van der Waals surface area contributed by atoms with Gasteiger partial charge in [-0.3, -0.25) is 9.36 Å². The average molecular weight is 520 g/mol. The third-order valence-electron chi connectivity index (χ3n) is 5.15. The van der Waals surface area contributed by atoms with Gasteiger partial charge in [0.05, 0.1) is 23.6 Å². The highest BCUT2D eigenvalue weighted by Crippen LogP contribution is 2.29. The molecule has 0 bridgehead atoms. The number of fused-ring (bicyclic) bond motifs is 1. The van der Waals surface area contributed by atoms with E-state index in [4.69, 9.17) is 21.1 Å². The first-order valence-electron chi connectivity index (χ1n) is 10.5. The smallest absolute Gasteiger partial charge is 0.282 e. The van der Waals surface area contributed by atoms with Crippen LogP contribution in [-0.2, 0) is 9.84 Å². The summed E-state index contributed by atoms with van der Waals surface area (Å²) in [7, 11) is -1.91. The summed E-state index contributed by atoms with van der Waals surface area (Å²) in [5, 5.41) is 14.7. The maximum atomic E-state index is 13.2. The van der Waals surface area contributed by atoms with E-state index in [-0.39, 0.29) is 23.7 Å². The lowest BCUT2D eigenvalue weighted by Gasteiger charge is -2.15. The fourth-order valence-electron chi connectivity index (χ4n) is 3.33. The van der Waals surface area contributed by atoms with Crippen LogP contribution < -0.4 is 15.0 Å². The molecule has 0 amide bonds. The van der Waals surface area contributed by atoms with Crippen LogP contribution in [0.3, 0.4) is 0 Å². The molecule has 4 rings (SSSR count). The quantitative estimate of drug-likeness (QED) is 0.350. The van der Waals surface area contributed by atoms with E-state index >= 15 is 0 Å². The van der Waals surface area contributed by atoms with Crippen molar-refractivity contribution >= 4 is 27.0 Å². The minimum Gasteiger partial charge on any atom is -0.493 e. The lowest BCUT2D eigenvalue weighted by Crippen LogP contribution is -2.28. The molecular weight excluding hydrogens is 498 g/mol. The first-order chi connectivity index (χ1) is 16.7. The van der Waals surface area contributed by atoms with Crippen molar-refractivity contribution in [3.05, 3.63) is 64.6 Å². The van der Waals surface area contributed by atoms with Crippen LogP contribution in [0, 0.1) is 0 Å². The van der Waals surface area contributed by atoms with E-state index in [1.165, 1.54) is 41.8 Å². The van der Waals surface area contributed by atoms with Crippen LogP contribution in [0.25, 0.3) is 22.6 Å². The van der Waals surface area contributed by atoms with Crippen LogP contribution in [0.4, 0.5) is 0 Å². The van der Waals surface area contributed by atoms with Crippen molar-refractivity contribution in [1.29, 1.82) is 0 Å². The Balaban J connectivity index is 1.60. The predicted molar refractivity (Wildman–Crippen MR) is 129 cm³/mol. The Bertz CT molecular complexity index is 1520. The predicted octanol–water partition coefficient (Wildman–Crippen LogP) is 1.78. The Labute approximate surface area is 205 Å². The second-order valence-electron chi connectivity index (χ2n) is 7.59. The summed E-state index contributed by atoms with van der Waals surface area (Å²) in [6, 6.07) is 6.40. The zero-order valence-electron chi connectivity index (χ0n) is 18.8. The highest BCUT2D eigenvalue weighted by Gasteiger charge is 2.18. The van der Waals surface area contributed by atoms with Crippen LogP contribution >= 0.6 is 11.6 Å². The lowest BCUT2D eigenvalue weighted by molar-refractivity contribution is 0.123. The highest BCUT2D eigenvalue weighted by atomic mass is 35.5. The van der Waals surface area contributed by atoms with E-state index in [0.717, 1.165) is 0 Å². The summed E-state index contributed by atoms with van der Waals surface area (Å²) in [5.74, 6) is 0.528. The van der Waals surface area contributed by atoms with Gasteiger partial charge in [-0.15, -0.1) is 0 Å². The van der Waals surface area contributed by atoms with Gasteiger partial charge in [0.15, 0.2) is 27.2 Å². The van der Waals surface area contributed by atoms with Crippen molar-refractivity contribution in [3.63, 3.8) is 0 Å². The van der Waals surface area contributed by atoms with Crippen LogP contribution in [0.1, 0.15) is 6.92 Å². The molecule has 0 saturated carbocycles. The normalized spacial score (nSPS) is 12.6. The average Bonchev–Trinajstić information content (AvgIpc) is 3.28. The number of nitrogens with zero attached hydrogens (tertiary/aromatic N) is 5. The standard InChI is InChI=1S/C22H22ClN5O6S/c1-3-35(31,32)12-17(29)11-34-19-5-4-16(7-20(19)33-2)27-13-26-28-10-14(6-18(28)22(27)30)21-24-8-15(23)9-25-21/h4-10,13,17,29H,3,11-12H2,1-2H3/t17-/m0/s1. The maximum Gasteiger partial charge on any atom is 0.282 e. The first kappa shape index (κ1) is 24.6. The van der Waals surface area contributed by atoms with Crippen molar-refractivity contribution in [2.24, 2.45) is 0 Å². The summed E-state index contributed by atoms with van der Waals surface area (Å²) in [5.41, 5.74) is 1.04. The molecule has 0 unspecified atom stereocenters. The van der Waals surface area contributed by atoms with Crippen LogP contribution in [-0.4, -0.2) is 69.0 Å². The SMILES string of the molecule is CCS(=O)(=O)C[C@@H](O)COc1ccc(-n2cnn3cc(-c4ncc(Cl)cn4)cc3c2=O)cc1OC. The van der Waals surface area contributed by atoms with Gasteiger partial charge in [0, 0.05) is 36.0 Å². The van der Waals surface area contributed by atoms with Crippen LogP contribution in [0.2, 0.25) is 5.02 Å². The van der Waals surface area contributed by atoms with Crippen LogP contribution in [0.5, 0.6) is 11.5 Å². The van der Waals surface area contributed by atoms with Gasteiger partial charge in [-0.25, -0.2) is 22.9 Å². The molecule has 0 aliphatic carbocycles. The van der Waals surface area contributed by atoms with E-state index in [1.807, 2.05) is 0 Å². The monoisotopic (exact) mass is 519 g/mol. The van der Waals surface area contributed by atoms with Gasteiger partial charge in [0.2, 0.25) is 0 Å². The molecule has 0 spiro atoms. The molecule has 0 aliphatic heterocycles. The third-order valence-corrected chi connectivity index (χ3v) is 7.12. The van der Waals surface area contributed by atoms with Gasteiger partial charge in [-0.1, -0.05) is 18.5 Å². The lowest BCUT2D eigenvalue weighted by atomic mass is 10.2. The minimum atomic E-state index is -3.34. The highest BCUT2D eigenvalue weighted by molar-refractivity contribution is 7.91. The van der Waals surface area contributed by atoms with Gasteiger partial charge in [-0.05, 0) is 18.2 Å². The van der Waals surface area contributed by atoms with Crippen molar-refractivity contribution in [2.75, 3.05) is 25.2 Å². The number of methoxy groups -OCH3 is 1. The van der Waals surface area contributed by atoms with E-state index in [0.29, 0.717) is 33.4 Å². The molecule has 0 fully saturated rings. The fourth-order valence-corrected chi connectivity index (χ4v) is 4.34. The molecular formula is C22H22ClN5O6S. The molecule has 184 valence electrons. The van der Waals surface area contributed by atoms with Crippen molar-refractivity contribution in [3.8, 4) is 28.6 Å². The molecule has 3 aromatic heterocycles. The Kier molecular flexibility index (Phi) is 7.05. The zero-order chi connectivity index (χ0) is 25.2. The van der Waals surface area contributed by atoms with E-state index in [9.17, 15) is 18.3 Å². The van der Waals surface area contributed by atoms with Crippen molar-refractivity contribution in [1.82, 2.24) is 24.1 Å². The molecule has 1 aromatic carbocycles. The van der Waals surface area contributed by atoms with Gasteiger partial charge in [-0.2, -0.15) is 5.10 Å². The Morgan fingerprint density at radius 3 is 2.60 bits per heavy atom. The minimum absolute atomic E-state index is 0.0644. The van der Waals surface area contributed by atoms with Gasteiger partial charge in [0.25, 0.3) is 5.56 Å². The molecule has 3 heterocycles. The molecule has 0 aliphatic rings. The number of aliphatic hydroxyl groups is 1. The number of hydrogen-bond donors (Lipinski definition) is 1. The number of sulfone groups is 1. The van der Waals surface area contributed by atoms with Crippen molar-refractivity contribution in [2.45, 2.75) is 13.0 Å². The second-order valence-corrected chi connectivity index (χ2v) is 10.4. The summed E-state index contributed by atoms with van der Waals surface area (Å²) in [6.07, 6.45) is 4.76. The van der Waals surface area contributed by atoms with E-state index < -0.39 is 21.7 Å². The van der Waals surface area contributed by atoms with Crippen molar-refractivity contribution < 1.29 is 23.0 Å². The number of aromatic nitrogens is 5. The number of aliphatic hydroxyl groups excluding tert-OH is 1. The van der Waals surface area contributed by atoms with Gasteiger partial charge < -0.3 is 14.6 Å². The molecule has 35 heavy (non-hydrogen) atoms. The fraction of sp³-hybridized carbons (Fsp3) is 0.273. The molecule has 1 N–H and O–H groups in total. The largest absolute Gasteiger partial charge is 0.493 e. The maximum absolute atomic E-state index is 13.2. The first-order valence-corrected chi connectivity index (χ1v) is 12.7. The Morgan fingerprint density at radius 1 is 1.17 bits per heavy atom. The number of halogens is 1. The summed E-state index contributed by atoms with van der Waals surface area (Å²) in [6.45, 7) is 1.28. The number of benzene rings is 1. The molecule has 0 saturated heterocycles. The Morgan fingerprint density at radius 2 is 1.91 bits per heavy atom. The van der Waals surface area contributed by atoms with Gasteiger partial charge in [0.1, 0.15) is 24.6 Å². The molecule has 0 radical (unpaired) electrons. The summed E-state index contributed by atoms with van der Waals surface area (Å²) in [4.78, 5) is 21.5. The van der Waals surface area contributed by atoms with Gasteiger partial charge >= 0.3 is 0 Å². The summed E-state index contributed by atoms with van der Waals surface area (Å²) >= 11 is 5.84. The van der Waals surface area contributed by atoms with E-state index in [2.05, 4.69) is 15.1 Å². The number of hydrogen-bond acceptors (Lipinski definition) is 9. The number of ether oxygens (including phenoxy) is 2. The molecule has 4 aromatic rings. The Hall–Kier alpha value is -3.48. The molecule has 11 nitrogen and oxygen atoms in total. The molecule has 1 atom stereocenters. The number of rotatable bonds is 9. The van der Waals surface area contributed by atoms with Crippen LogP contribution in [0.15, 0.2) is 54.0 Å². The second kappa shape index (κ2) is 10.0. The molecule has 13 heteroatoms. The topological polar surface area (TPSA) is 138 Å². The van der Waals surface area contributed by atoms with E-state index in [1.54, 1.807) is 30.5 Å². The zero-order valence-corrected chi connectivity index (χ0v) is 20.4. The third kappa shape index (κ3) is 5.45.